The Labute approximate surface area is 221 Å². The molecule has 2 aromatic heterocycles. The lowest BCUT2D eigenvalue weighted by molar-refractivity contribution is 0.0526. The van der Waals surface area contributed by atoms with Crippen LogP contribution in [0.1, 0.15) is 40.6 Å². The predicted octanol–water partition coefficient (Wildman–Crippen LogP) is 5.82. The van der Waals surface area contributed by atoms with E-state index >= 15 is 0 Å². The average molecular weight is 514 g/mol. The number of hydrogen-bond donors (Lipinski definition) is 1. The predicted molar refractivity (Wildman–Crippen MR) is 151 cm³/mol. The number of anilines is 4. The van der Waals surface area contributed by atoms with E-state index in [-0.39, 0.29) is 5.97 Å². The van der Waals surface area contributed by atoms with E-state index in [0.717, 1.165) is 79.3 Å². The van der Waals surface area contributed by atoms with Crippen molar-refractivity contribution in [1.29, 1.82) is 0 Å². The second kappa shape index (κ2) is 10.4. The molecular formula is C29H31N5O2S. The summed E-state index contributed by atoms with van der Waals surface area (Å²) in [6.45, 7) is 5.69. The smallest absolute Gasteiger partial charge is 0.341 e. The van der Waals surface area contributed by atoms with Gasteiger partial charge in [-0.3, -0.25) is 0 Å². The van der Waals surface area contributed by atoms with Gasteiger partial charge in [-0.15, -0.1) is 11.3 Å². The third-order valence-corrected chi connectivity index (χ3v) is 8.34. The summed E-state index contributed by atoms with van der Waals surface area (Å²) in [5.74, 6) is 1.26. The van der Waals surface area contributed by atoms with Crippen LogP contribution in [0.5, 0.6) is 0 Å². The summed E-state index contributed by atoms with van der Waals surface area (Å²) in [5, 5.41) is 4.38. The van der Waals surface area contributed by atoms with Crippen molar-refractivity contribution in [3.05, 3.63) is 70.6 Å². The van der Waals surface area contributed by atoms with Crippen molar-refractivity contribution in [2.24, 2.45) is 0 Å². The molecule has 1 N–H and O–H groups in total. The standard InChI is InChI=1S/C29H31N5O2S/c1-2-36-29(35)25-21-12-6-9-15-24(21)37-28(25)32-26-27(31-23-14-8-7-13-22(23)30-26)34-18-16-33(17-19-34)20-10-4-3-5-11-20/h3-5,7-8,10-11,13-14H,2,6,9,12,15-19H2,1H3,(H,30,32). The SMILES string of the molecule is CCOC(=O)c1c(Nc2nc3ccccc3nc2N2CCN(c3ccccc3)CC2)sc2c1CCCC2. The Bertz CT molecular complexity index is 1410. The summed E-state index contributed by atoms with van der Waals surface area (Å²) in [6, 6.07) is 18.5. The van der Waals surface area contributed by atoms with Crippen LogP contribution in [-0.4, -0.2) is 48.7 Å². The van der Waals surface area contributed by atoms with Crippen LogP contribution in [-0.2, 0) is 17.6 Å². The molecule has 4 aromatic rings. The second-order valence-corrected chi connectivity index (χ2v) is 10.6. The molecule has 0 amide bonds. The van der Waals surface area contributed by atoms with E-state index in [2.05, 4.69) is 45.4 Å². The first-order valence-electron chi connectivity index (χ1n) is 13.1. The molecule has 6 rings (SSSR count). The topological polar surface area (TPSA) is 70.6 Å². The van der Waals surface area contributed by atoms with Crippen molar-refractivity contribution in [2.45, 2.75) is 32.6 Å². The van der Waals surface area contributed by atoms with Gasteiger partial charge in [0.1, 0.15) is 5.00 Å². The highest BCUT2D eigenvalue weighted by Crippen LogP contribution is 2.41. The Morgan fingerprint density at radius 2 is 1.59 bits per heavy atom. The zero-order valence-corrected chi connectivity index (χ0v) is 21.9. The number of nitrogens with zero attached hydrogens (tertiary/aromatic N) is 4. The van der Waals surface area contributed by atoms with Crippen molar-refractivity contribution in [2.75, 3.05) is 47.9 Å². The summed E-state index contributed by atoms with van der Waals surface area (Å²) in [5.41, 5.74) is 4.76. The normalized spacial score (nSPS) is 15.5. The number of thiophene rings is 1. The molecule has 1 aliphatic carbocycles. The molecule has 0 spiro atoms. The third kappa shape index (κ3) is 4.73. The first-order valence-corrected chi connectivity index (χ1v) is 13.9. The largest absolute Gasteiger partial charge is 0.462 e. The van der Waals surface area contributed by atoms with Gasteiger partial charge in [0, 0.05) is 36.7 Å². The van der Waals surface area contributed by atoms with Crippen LogP contribution < -0.4 is 15.1 Å². The quantitative estimate of drug-likeness (QED) is 0.326. The maximum atomic E-state index is 13.1. The molecule has 2 aliphatic rings. The monoisotopic (exact) mass is 513 g/mol. The molecule has 0 saturated carbocycles. The number of nitrogens with one attached hydrogen (secondary N) is 1. The van der Waals surface area contributed by atoms with Gasteiger partial charge in [-0.05, 0) is 62.4 Å². The highest BCUT2D eigenvalue weighted by atomic mass is 32.1. The van der Waals surface area contributed by atoms with Crippen molar-refractivity contribution < 1.29 is 9.53 Å². The van der Waals surface area contributed by atoms with E-state index < -0.39 is 0 Å². The van der Waals surface area contributed by atoms with Gasteiger partial charge in [-0.2, -0.15) is 0 Å². The Morgan fingerprint density at radius 3 is 2.35 bits per heavy atom. The van der Waals surface area contributed by atoms with E-state index in [1.165, 1.54) is 10.6 Å². The van der Waals surface area contributed by atoms with E-state index in [0.29, 0.717) is 18.0 Å². The summed E-state index contributed by atoms with van der Waals surface area (Å²) < 4.78 is 5.48. The average Bonchev–Trinajstić information content (AvgIpc) is 3.31. The van der Waals surface area contributed by atoms with Crippen molar-refractivity contribution in [1.82, 2.24) is 9.97 Å². The van der Waals surface area contributed by atoms with Crippen LogP contribution in [0.4, 0.5) is 22.3 Å². The molecule has 0 unspecified atom stereocenters. The number of benzene rings is 2. The fourth-order valence-corrected chi connectivity index (χ4v) is 6.57. The minimum Gasteiger partial charge on any atom is -0.462 e. The van der Waals surface area contributed by atoms with E-state index in [9.17, 15) is 4.79 Å². The lowest BCUT2D eigenvalue weighted by Crippen LogP contribution is -2.47. The summed E-state index contributed by atoms with van der Waals surface area (Å²) >= 11 is 1.66. The number of hydrogen-bond acceptors (Lipinski definition) is 8. The molecule has 0 atom stereocenters. The molecule has 1 aliphatic heterocycles. The van der Waals surface area contributed by atoms with Crippen LogP contribution in [0.3, 0.4) is 0 Å². The number of rotatable bonds is 6. The minimum absolute atomic E-state index is 0.254. The molecule has 1 fully saturated rings. The Kier molecular flexibility index (Phi) is 6.66. The Hall–Kier alpha value is -3.65. The van der Waals surface area contributed by atoms with E-state index in [1.807, 2.05) is 31.2 Å². The van der Waals surface area contributed by atoms with Crippen molar-refractivity contribution in [3.8, 4) is 0 Å². The van der Waals surface area contributed by atoms with Crippen molar-refractivity contribution in [3.63, 3.8) is 0 Å². The van der Waals surface area contributed by atoms with Gasteiger partial charge in [-0.1, -0.05) is 30.3 Å². The van der Waals surface area contributed by atoms with Gasteiger partial charge in [-0.25, -0.2) is 14.8 Å². The number of aromatic nitrogens is 2. The first kappa shape index (κ1) is 23.7. The third-order valence-electron chi connectivity index (χ3n) is 7.14. The number of esters is 1. The zero-order valence-electron chi connectivity index (χ0n) is 21.1. The Morgan fingerprint density at radius 1 is 0.919 bits per heavy atom. The van der Waals surface area contributed by atoms with Crippen molar-refractivity contribution >= 4 is 50.7 Å². The van der Waals surface area contributed by atoms with Crippen LogP contribution in [0, 0.1) is 0 Å². The highest BCUT2D eigenvalue weighted by molar-refractivity contribution is 7.16. The molecule has 7 nitrogen and oxygen atoms in total. The number of fused-ring (bicyclic) bond motifs is 2. The number of carbonyl (C=O) groups is 1. The molecule has 0 radical (unpaired) electrons. The summed E-state index contributed by atoms with van der Waals surface area (Å²) in [4.78, 5) is 29.1. The van der Waals surface area contributed by atoms with Gasteiger partial charge >= 0.3 is 5.97 Å². The van der Waals surface area contributed by atoms with Gasteiger partial charge < -0.3 is 19.9 Å². The van der Waals surface area contributed by atoms with Gasteiger partial charge in [0.05, 0.1) is 23.2 Å². The lowest BCUT2D eigenvalue weighted by Gasteiger charge is -2.37. The van der Waals surface area contributed by atoms with Gasteiger partial charge in [0.25, 0.3) is 0 Å². The number of ether oxygens (including phenoxy) is 1. The molecule has 1 saturated heterocycles. The fourth-order valence-electron chi connectivity index (χ4n) is 5.29. The maximum Gasteiger partial charge on any atom is 0.341 e. The number of para-hydroxylation sites is 3. The number of piperazine rings is 1. The van der Waals surface area contributed by atoms with Crippen LogP contribution in [0.25, 0.3) is 11.0 Å². The van der Waals surface area contributed by atoms with Crippen LogP contribution >= 0.6 is 11.3 Å². The summed E-state index contributed by atoms with van der Waals surface area (Å²) in [7, 11) is 0. The molecule has 2 aromatic carbocycles. The minimum atomic E-state index is -0.254. The van der Waals surface area contributed by atoms with E-state index in [1.54, 1.807) is 11.3 Å². The van der Waals surface area contributed by atoms with Gasteiger partial charge in [0.2, 0.25) is 0 Å². The molecule has 8 heteroatoms. The second-order valence-electron chi connectivity index (χ2n) is 9.45. The molecule has 37 heavy (non-hydrogen) atoms. The first-order chi connectivity index (χ1) is 18.2. The number of aryl methyl sites for hydroxylation is 1. The lowest BCUT2D eigenvalue weighted by atomic mass is 9.95. The molecule has 0 bridgehead atoms. The van der Waals surface area contributed by atoms with Crippen LogP contribution in [0.15, 0.2) is 54.6 Å². The number of carbonyl (C=O) groups excluding carboxylic acids is 1. The maximum absolute atomic E-state index is 13.1. The fraction of sp³-hybridized carbons (Fsp3) is 0.345. The Balaban J connectivity index is 1.35. The highest BCUT2D eigenvalue weighted by Gasteiger charge is 2.28. The van der Waals surface area contributed by atoms with Crippen LogP contribution in [0.2, 0.25) is 0 Å². The molecule has 3 heterocycles. The molecular weight excluding hydrogens is 482 g/mol. The van der Waals surface area contributed by atoms with E-state index in [4.69, 9.17) is 14.7 Å². The van der Waals surface area contributed by atoms with Gasteiger partial charge in [0.15, 0.2) is 11.6 Å². The molecule has 190 valence electrons. The zero-order chi connectivity index (χ0) is 25.2. The summed E-state index contributed by atoms with van der Waals surface area (Å²) in [6.07, 6.45) is 4.18.